The Bertz CT molecular complexity index is 1330. The van der Waals surface area contributed by atoms with E-state index < -0.39 is 0 Å². The lowest BCUT2D eigenvalue weighted by atomic mass is 9.84. The van der Waals surface area contributed by atoms with E-state index in [4.69, 9.17) is 4.98 Å². The van der Waals surface area contributed by atoms with Crippen LogP contribution in [0, 0.1) is 6.92 Å². The molecule has 0 radical (unpaired) electrons. The topological polar surface area (TPSA) is 67.8 Å². The summed E-state index contributed by atoms with van der Waals surface area (Å²) < 4.78 is 3.66. The number of aryl methyl sites for hydroxylation is 1. The van der Waals surface area contributed by atoms with Crippen LogP contribution in [0.1, 0.15) is 49.3 Å². The Morgan fingerprint density at radius 2 is 1.84 bits per heavy atom. The first kappa shape index (κ1) is 18.7. The van der Waals surface area contributed by atoms with Gasteiger partial charge < -0.3 is 9.30 Å². The predicted octanol–water partition coefficient (Wildman–Crippen LogP) is 3.44. The Labute approximate surface area is 180 Å². The van der Waals surface area contributed by atoms with Gasteiger partial charge >= 0.3 is 0 Å². The molecular weight excluding hydrogens is 388 g/mol. The van der Waals surface area contributed by atoms with Gasteiger partial charge in [0, 0.05) is 42.0 Å². The van der Waals surface area contributed by atoms with Crippen LogP contribution in [-0.2, 0) is 0 Å². The van der Waals surface area contributed by atoms with Crippen molar-refractivity contribution in [3.63, 3.8) is 0 Å². The van der Waals surface area contributed by atoms with Crippen molar-refractivity contribution in [1.82, 2.24) is 28.7 Å². The summed E-state index contributed by atoms with van der Waals surface area (Å²) in [6.45, 7) is 4.11. The molecule has 1 aliphatic heterocycles. The van der Waals surface area contributed by atoms with Crippen LogP contribution < -0.4 is 5.56 Å². The standard InChI is InChI=1S/C24H26N6O/c1-16-14-29-15-18(5-6-20(29)26-16)23-22(24(31)30-12-9-25-13-21(30)27-23)17-7-10-28(11-8-17)19-3-2-4-19/h5-6,9,12-15,17,19H,2-4,7-8,10-11H2,1H3. The van der Waals surface area contributed by atoms with Crippen LogP contribution in [0.5, 0.6) is 0 Å². The van der Waals surface area contributed by atoms with Gasteiger partial charge in [0.2, 0.25) is 0 Å². The van der Waals surface area contributed by atoms with Gasteiger partial charge in [0.1, 0.15) is 5.65 Å². The Kier molecular flexibility index (Phi) is 4.38. The fourth-order valence-electron chi connectivity index (χ4n) is 5.17. The van der Waals surface area contributed by atoms with Crippen LogP contribution in [0.3, 0.4) is 0 Å². The lowest BCUT2D eigenvalue weighted by molar-refractivity contribution is 0.0974. The van der Waals surface area contributed by atoms with Crippen molar-refractivity contribution in [2.75, 3.05) is 13.1 Å². The number of pyridine rings is 1. The van der Waals surface area contributed by atoms with Gasteiger partial charge in [-0.05, 0) is 63.7 Å². The van der Waals surface area contributed by atoms with Gasteiger partial charge in [-0.1, -0.05) is 6.42 Å². The van der Waals surface area contributed by atoms with E-state index in [2.05, 4.69) is 14.9 Å². The second-order valence-electron chi connectivity index (χ2n) is 8.94. The average molecular weight is 415 g/mol. The second-order valence-corrected chi connectivity index (χ2v) is 8.94. The highest BCUT2D eigenvalue weighted by atomic mass is 16.1. The van der Waals surface area contributed by atoms with Crippen molar-refractivity contribution >= 4 is 11.3 Å². The molecule has 4 aromatic rings. The lowest BCUT2D eigenvalue weighted by Crippen LogP contribution is -2.45. The number of hydrogen-bond donors (Lipinski definition) is 0. The zero-order chi connectivity index (χ0) is 20.9. The normalized spacial score (nSPS) is 18.6. The van der Waals surface area contributed by atoms with Gasteiger partial charge in [0.15, 0.2) is 5.65 Å². The molecule has 2 fully saturated rings. The number of hydrogen-bond acceptors (Lipinski definition) is 5. The molecule has 5 heterocycles. The van der Waals surface area contributed by atoms with Gasteiger partial charge in [0.05, 0.1) is 17.6 Å². The van der Waals surface area contributed by atoms with E-state index in [9.17, 15) is 4.79 Å². The maximum atomic E-state index is 13.6. The van der Waals surface area contributed by atoms with Crippen molar-refractivity contribution in [3.05, 3.63) is 64.7 Å². The first-order valence-corrected chi connectivity index (χ1v) is 11.2. The van der Waals surface area contributed by atoms with E-state index in [1.54, 1.807) is 23.0 Å². The molecule has 4 aromatic heterocycles. The minimum absolute atomic E-state index is 0.0337. The molecule has 0 bridgehead atoms. The first-order valence-electron chi connectivity index (χ1n) is 11.2. The Morgan fingerprint density at radius 1 is 1.00 bits per heavy atom. The molecule has 2 aliphatic rings. The summed E-state index contributed by atoms with van der Waals surface area (Å²) in [5, 5.41) is 0. The van der Waals surface area contributed by atoms with E-state index in [-0.39, 0.29) is 11.5 Å². The van der Waals surface area contributed by atoms with E-state index in [0.717, 1.165) is 60.1 Å². The van der Waals surface area contributed by atoms with Crippen LogP contribution in [0.15, 0.2) is 47.9 Å². The third-order valence-corrected chi connectivity index (χ3v) is 7.04. The summed E-state index contributed by atoms with van der Waals surface area (Å²) in [5.74, 6) is 0.219. The average Bonchev–Trinajstić information content (AvgIpc) is 3.12. The molecule has 31 heavy (non-hydrogen) atoms. The quantitative estimate of drug-likeness (QED) is 0.514. The predicted molar refractivity (Wildman–Crippen MR) is 119 cm³/mol. The van der Waals surface area contributed by atoms with Crippen molar-refractivity contribution in [1.29, 1.82) is 0 Å². The molecule has 7 heteroatoms. The van der Waals surface area contributed by atoms with Gasteiger partial charge in [-0.3, -0.25) is 14.2 Å². The zero-order valence-corrected chi connectivity index (χ0v) is 17.7. The van der Waals surface area contributed by atoms with Crippen molar-refractivity contribution in [2.45, 2.75) is 51.0 Å². The Hall–Kier alpha value is -3.06. The minimum atomic E-state index is 0.0337. The summed E-state index contributed by atoms with van der Waals surface area (Å²) in [6, 6.07) is 4.79. The van der Waals surface area contributed by atoms with Crippen LogP contribution in [-0.4, -0.2) is 47.8 Å². The molecule has 7 nitrogen and oxygen atoms in total. The molecule has 158 valence electrons. The highest BCUT2D eigenvalue weighted by Crippen LogP contribution is 2.35. The van der Waals surface area contributed by atoms with E-state index in [1.165, 1.54) is 19.3 Å². The van der Waals surface area contributed by atoms with Gasteiger partial charge in [-0.25, -0.2) is 9.97 Å². The van der Waals surface area contributed by atoms with Crippen LogP contribution in [0.4, 0.5) is 0 Å². The molecule has 0 unspecified atom stereocenters. The first-order chi connectivity index (χ1) is 15.2. The maximum Gasteiger partial charge on any atom is 0.262 e. The molecule has 0 amide bonds. The molecule has 1 saturated heterocycles. The molecule has 0 spiro atoms. The number of rotatable bonds is 3. The number of piperidine rings is 1. The highest BCUT2D eigenvalue weighted by Gasteiger charge is 2.32. The van der Waals surface area contributed by atoms with Crippen LogP contribution in [0.2, 0.25) is 0 Å². The van der Waals surface area contributed by atoms with Crippen molar-refractivity contribution in [3.8, 4) is 11.3 Å². The molecule has 0 N–H and O–H groups in total. The summed E-state index contributed by atoms with van der Waals surface area (Å²) in [5.41, 5.74) is 5.06. The van der Waals surface area contributed by atoms with Crippen molar-refractivity contribution in [2.24, 2.45) is 0 Å². The fourth-order valence-corrected chi connectivity index (χ4v) is 5.17. The van der Waals surface area contributed by atoms with Gasteiger partial charge in [0.25, 0.3) is 5.56 Å². The highest BCUT2D eigenvalue weighted by molar-refractivity contribution is 5.67. The molecule has 1 aliphatic carbocycles. The van der Waals surface area contributed by atoms with E-state index in [1.807, 2.05) is 35.9 Å². The third-order valence-electron chi connectivity index (χ3n) is 7.04. The molecule has 0 atom stereocenters. The SMILES string of the molecule is Cc1cn2cc(-c3nc4cnccn4c(=O)c3C3CCN(C4CCC4)CC3)ccc2n1. The van der Waals surface area contributed by atoms with E-state index >= 15 is 0 Å². The number of fused-ring (bicyclic) bond motifs is 2. The third kappa shape index (κ3) is 3.15. The second kappa shape index (κ2) is 7.27. The van der Waals surface area contributed by atoms with Gasteiger partial charge in [-0.15, -0.1) is 0 Å². The number of likely N-dealkylation sites (tertiary alicyclic amines) is 1. The van der Waals surface area contributed by atoms with Crippen LogP contribution >= 0.6 is 0 Å². The van der Waals surface area contributed by atoms with Gasteiger partial charge in [-0.2, -0.15) is 0 Å². The monoisotopic (exact) mass is 414 g/mol. The smallest absolute Gasteiger partial charge is 0.262 e. The Morgan fingerprint density at radius 3 is 2.61 bits per heavy atom. The number of nitrogens with zero attached hydrogens (tertiary/aromatic N) is 6. The minimum Gasteiger partial charge on any atom is -0.306 e. The summed E-state index contributed by atoms with van der Waals surface area (Å²) >= 11 is 0. The molecular formula is C24H26N6O. The summed E-state index contributed by atoms with van der Waals surface area (Å²) in [7, 11) is 0. The van der Waals surface area contributed by atoms with Crippen molar-refractivity contribution < 1.29 is 0 Å². The lowest BCUT2D eigenvalue weighted by Gasteiger charge is -2.41. The largest absolute Gasteiger partial charge is 0.306 e. The number of aromatic nitrogens is 5. The van der Waals surface area contributed by atoms with Crippen LogP contribution in [0.25, 0.3) is 22.6 Å². The summed E-state index contributed by atoms with van der Waals surface area (Å²) in [4.78, 5) is 29.9. The molecule has 1 saturated carbocycles. The fraction of sp³-hybridized carbons (Fsp3) is 0.417. The summed E-state index contributed by atoms with van der Waals surface area (Å²) in [6.07, 6.45) is 15.1. The molecule has 0 aromatic carbocycles. The maximum absolute atomic E-state index is 13.6. The zero-order valence-electron chi connectivity index (χ0n) is 17.7. The van der Waals surface area contributed by atoms with E-state index in [0.29, 0.717) is 5.65 Å². The molecule has 6 rings (SSSR count). The number of imidazole rings is 1. The Balaban J connectivity index is 1.47.